The lowest BCUT2D eigenvalue weighted by molar-refractivity contribution is 0.749. The standard InChI is InChI=1S/C16H17BrN6/c17-13-9-18-16(22-15(13)20-11-3-1-2-4-11)21-12-5-6-14-10(7-12)8-19-23-14/h5-9,11H,1-4H2,(H,19,23)(H2,18,20,21,22). The molecule has 2 aromatic heterocycles. The van der Waals surface area contributed by atoms with E-state index in [0.29, 0.717) is 12.0 Å². The molecule has 7 heteroatoms. The Balaban J connectivity index is 1.55. The molecule has 0 saturated heterocycles. The van der Waals surface area contributed by atoms with E-state index in [1.54, 1.807) is 12.4 Å². The maximum absolute atomic E-state index is 4.60. The van der Waals surface area contributed by atoms with E-state index in [-0.39, 0.29) is 0 Å². The maximum atomic E-state index is 4.60. The smallest absolute Gasteiger partial charge is 0.229 e. The molecule has 0 spiro atoms. The summed E-state index contributed by atoms with van der Waals surface area (Å²) in [5, 5.41) is 14.8. The Kier molecular flexibility index (Phi) is 3.87. The molecule has 3 aromatic rings. The van der Waals surface area contributed by atoms with E-state index in [1.165, 1.54) is 25.7 Å². The number of aromatic amines is 1. The summed E-state index contributed by atoms with van der Waals surface area (Å²) in [5.41, 5.74) is 1.95. The summed E-state index contributed by atoms with van der Waals surface area (Å²) in [6.45, 7) is 0. The summed E-state index contributed by atoms with van der Waals surface area (Å²) in [4.78, 5) is 8.94. The molecule has 1 aliphatic carbocycles. The van der Waals surface area contributed by atoms with Crippen molar-refractivity contribution in [3.05, 3.63) is 35.1 Å². The van der Waals surface area contributed by atoms with E-state index in [2.05, 4.69) is 46.7 Å². The summed E-state index contributed by atoms with van der Waals surface area (Å²) in [5.74, 6) is 1.43. The third kappa shape index (κ3) is 3.14. The molecule has 23 heavy (non-hydrogen) atoms. The van der Waals surface area contributed by atoms with Crippen LogP contribution in [0.15, 0.2) is 35.1 Å². The first-order chi connectivity index (χ1) is 11.3. The number of benzene rings is 1. The lowest BCUT2D eigenvalue weighted by Gasteiger charge is -2.15. The molecular weight excluding hydrogens is 356 g/mol. The summed E-state index contributed by atoms with van der Waals surface area (Å²) >= 11 is 3.52. The van der Waals surface area contributed by atoms with E-state index in [0.717, 1.165) is 26.9 Å². The average molecular weight is 373 g/mol. The van der Waals surface area contributed by atoms with Crippen molar-refractivity contribution in [1.29, 1.82) is 0 Å². The largest absolute Gasteiger partial charge is 0.366 e. The van der Waals surface area contributed by atoms with Crippen LogP contribution in [-0.4, -0.2) is 26.2 Å². The number of fused-ring (bicyclic) bond motifs is 1. The van der Waals surface area contributed by atoms with Crippen molar-refractivity contribution in [3.8, 4) is 0 Å². The second-order valence-electron chi connectivity index (χ2n) is 5.81. The van der Waals surface area contributed by atoms with Crippen LogP contribution in [-0.2, 0) is 0 Å². The molecule has 1 saturated carbocycles. The van der Waals surface area contributed by atoms with Gasteiger partial charge in [-0.3, -0.25) is 5.10 Å². The zero-order valence-electron chi connectivity index (χ0n) is 12.5. The van der Waals surface area contributed by atoms with Gasteiger partial charge in [0.25, 0.3) is 0 Å². The van der Waals surface area contributed by atoms with E-state index in [1.807, 2.05) is 18.2 Å². The molecule has 0 unspecified atom stereocenters. The average Bonchev–Trinajstić information content (AvgIpc) is 3.21. The quantitative estimate of drug-likeness (QED) is 0.639. The van der Waals surface area contributed by atoms with Crippen molar-refractivity contribution in [2.45, 2.75) is 31.7 Å². The molecule has 0 atom stereocenters. The Morgan fingerprint density at radius 3 is 2.91 bits per heavy atom. The van der Waals surface area contributed by atoms with Crippen LogP contribution in [0.2, 0.25) is 0 Å². The number of hydrogen-bond acceptors (Lipinski definition) is 5. The Hall–Kier alpha value is -2.15. The lowest BCUT2D eigenvalue weighted by Crippen LogP contribution is -2.16. The van der Waals surface area contributed by atoms with Crippen LogP contribution in [0.25, 0.3) is 10.9 Å². The molecule has 0 aliphatic heterocycles. The van der Waals surface area contributed by atoms with Gasteiger partial charge >= 0.3 is 0 Å². The Morgan fingerprint density at radius 2 is 2.04 bits per heavy atom. The fraction of sp³-hybridized carbons (Fsp3) is 0.312. The minimum absolute atomic E-state index is 0.510. The van der Waals surface area contributed by atoms with Gasteiger partial charge in [0.1, 0.15) is 5.82 Å². The third-order valence-electron chi connectivity index (χ3n) is 4.14. The van der Waals surface area contributed by atoms with Crippen molar-refractivity contribution >= 4 is 44.3 Å². The van der Waals surface area contributed by atoms with Crippen molar-refractivity contribution in [2.24, 2.45) is 0 Å². The number of rotatable bonds is 4. The van der Waals surface area contributed by atoms with Gasteiger partial charge in [-0.05, 0) is 47.0 Å². The SMILES string of the molecule is Brc1cnc(Nc2ccc3[nH]ncc3c2)nc1NC1CCCC1. The zero-order chi connectivity index (χ0) is 15.6. The summed E-state index contributed by atoms with van der Waals surface area (Å²) < 4.78 is 0.889. The van der Waals surface area contributed by atoms with Gasteiger partial charge in [0, 0.05) is 23.3 Å². The minimum atomic E-state index is 0.510. The molecule has 6 nitrogen and oxygen atoms in total. The van der Waals surface area contributed by atoms with Crippen LogP contribution >= 0.6 is 15.9 Å². The highest BCUT2D eigenvalue weighted by Crippen LogP contribution is 2.27. The van der Waals surface area contributed by atoms with Gasteiger partial charge in [0.2, 0.25) is 5.95 Å². The van der Waals surface area contributed by atoms with Crippen molar-refractivity contribution in [2.75, 3.05) is 10.6 Å². The first-order valence-corrected chi connectivity index (χ1v) is 8.56. The van der Waals surface area contributed by atoms with Gasteiger partial charge in [-0.1, -0.05) is 12.8 Å². The Labute approximate surface area is 142 Å². The summed E-state index contributed by atoms with van der Waals surface area (Å²) in [6, 6.07) is 6.50. The van der Waals surface area contributed by atoms with E-state index >= 15 is 0 Å². The molecule has 0 amide bonds. The second-order valence-corrected chi connectivity index (χ2v) is 6.67. The van der Waals surface area contributed by atoms with Crippen LogP contribution in [0.3, 0.4) is 0 Å². The summed E-state index contributed by atoms with van der Waals surface area (Å²) in [7, 11) is 0. The van der Waals surface area contributed by atoms with Crippen LogP contribution in [0, 0.1) is 0 Å². The number of H-pyrrole nitrogens is 1. The fourth-order valence-corrected chi connectivity index (χ4v) is 3.25. The molecule has 4 rings (SSSR count). The minimum Gasteiger partial charge on any atom is -0.366 e. The molecule has 1 fully saturated rings. The van der Waals surface area contributed by atoms with Gasteiger partial charge in [-0.25, -0.2) is 4.98 Å². The van der Waals surface area contributed by atoms with Crippen molar-refractivity contribution in [1.82, 2.24) is 20.2 Å². The third-order valence-corrected chi connectivity index (χ3v) is 4.72. The van der Waals surface area contributed by atoms with E-state index in [9.17, 15) is 0 Å². The molecule has 0 bridgehead atoms. The van der Waals surface area contributed by atoms with Crippen LogP contribution in [0.5, 0.6) is 0 Å². The maximum Gasteiger partial charge on any atom is 0.229 e. The molecule has 118 valence electrons. The molecular formula is C16H17BrN6. The van der Waals surface area contributed by atoms with Crippen molar-refractivity contribution < 1.29 is 0 Å². The van der Waals surface area contributed by atoms with Crippen LogP contribution < -0.4 is 10.6 Å². The van der Waals surface area contributed by atoms with Crippen LogP contribution in [0.4, 0.5) is 17.5 Å². The highest BCUT2D eigenvalue weighted by Gasteiger charge is 2.16. The molecule has 1 aromatic carbocycles. The Morgan fingerprint density at radius 1 is 1.17 bits per heavy atom. The predicted octanol–water partition coefficient (Wildman–Crippen LogP) is 4.21. The first-order valence-electron chi connectivity index (χ1n) is 7.77. The highest BCUT2D eigenvalue weighted by atomic mass is 79.9. The first kappa shape index (κ1) is 14.4. The van der Waals surface area contributed by atoms with Gasteiger partial charge in [0.05, 0.1) is 16.2 Å². The Bertz CT molecular complexity index is 824. The number of halogens is 1. The molecule has 0 radical (unpaired) electrons. The molecule has 2 heterocycles. The molecule has 3 N–H and O–H groups in total. The highest BCUT2D eigenvalue weighted by molar-refractivity contribution is 9.10. The number of anilines is 3. The van der Waals surface area contributed by atoms with Gasteiger partial charge in [-0.15, -0.1) is 0 Å². The zero-order valence-corrected chi connectivity index (χ0v) is 14.1. The van der Waals surface area contributed by atoms with Crippen molar-refractivity contribution in [3.63, 3.8) is 0 Å². The monoisotopic (exact) mass is 372 g/mol. The fourth-order valence-electron chi connectivity index (χ4n) is 2.94. The normalized spacial score (nSPS) is 15.2. The number of nitrogens with one attached hydrogen (secondary N) is 3. The topological polar surface area (TPSA) is 78.5 Å². The number of aromatic nitrogens is 4. The summed E-state index contributed by atoms with van der Waals surface area (Å²) in [6.07, 6.45) is 8.57. The molecule has 1 aliphatic rings. The van der Waals surface area contributed by atoms with E-state index < -0.39 is 0 Å². The van der Waals surface area contributed by atoms with E-state index in [4.69, 9.17) is 0 Å². The predicted molar refractivity (Wildman–Crippen MR) is 95.0 cm³/mol. The van der Waals surface area contributed by atoms with Crippen LogP contribution in [0.1, 0.15) is 25.7 Å². The van der Waals surface area contributed by atoms with Gasteiger partial charge in [0.15, 0.2) is 0 Å². The second kappa shape index (κ2) is 6.16. The number of hydrogen-bond donors (Lipinski definition) is 3. The lowest BCUT2D eigenvalue weighted by atomic mass is 10.2. The van der Waals surface area contributed by atoms with Gasteiger partial charge < -0.3 is 10.6 Å². The van der Waals surface area contributed by atoms with Gasteiger partial charge in [-0.2, -0.15) is 10.1 Å². The number of nitrogens with zero attached hydrogens (tertiary/aromatic N) is 3.